The van der Waals surface area contributed by atoms with E-state index in [-0.39, 0.29) is 5.54 Å². The van der Waals surface area contributed by atoms with Gasteiger partial charge in [-0.3, -0.25) is 4.79 Å². The minimum Gasteiger partial charge on any atom is -0.366 e. The number of fused-ring (bicyclic) bond motifs is 1. The fourth-order valence-electron chi connectivity index (χ4n) is 2.71. The minimum absolute atomic E-state index is 0.00602. The maximum atomic E-state index is 11.4. The van der Waals surface area contributed by atoms with Crippen LogP contribution in [0.3, 0.4) is 0 Å². The molecule has 1 fully saturated rings. The SMILES string of the molecule is C[C@@]1(c2nc3c(C(N)=O)cccc3[nH]2)CCC[NH2+]1. The summed E-state index contributed by atoms with van der Waals surface area (Å²) in [5.74, 6) is 0.503. The number of primary amides is 1. The molecule has 5 nitrogen and oxygen atoms in total. The van der Waals surface area contributed by atoms with Gasteiger partial charge in [-0.1, -0.05) is 6.07 Å². The highest BCUT2D eigenvalue weighted by Gasteiger charge is 2.37. The van der Waals surface area contributed by atoms with Crippen molar-refractivity contribution in [1.29, 1.82) is 0 Å². The average Bonchev–Trinajstić information content (AvgIpc) is 2.94. The summed E-state index contributed by atoms with van der Waals surface area (Å²) in [5, 5.41) is 2.30. The molecule has 1 aliphatic heterocycles. The minimum atomic E-state index is -0.431. The molecule has 94 valence electrons. The molecule has 2 heterocycles. The molecule has 1 aliphatic rings. The highest BCUT2D eigenvalue weighted by atomic mass is 16.1. The van der Waals surface area contributed by atoms with Crippen molar-refractivity contribution in [3.8, 4) is 0 Å². The van der Waals surface area contributed by atoms with Gasteiger partial charge in [-0.25, -0.2) is 4.98 Å². The molecule has 1 amide bonds. The number of quaternary nitrogens is 1. The first-order valence-corrected chi connectivity index (χ1v) is 6.23. The van der Waals surface area contributed by atoms with Crippen LogP contribution in [0.1, 0.15) is 35.9 Å². The number of aromatic amines is 1. The Morgan fingerprint density at radius 3 is 3.06 bits per heavy atom. The van der Waals surface area contributed by atoms with Crippen molar-refractivity contribution < 1.29 is 10.1 Å². The molecule has 1 aromatic carbocycles. The number of nitrogens with one attached hydrogen (secondary N) is 1. The second-order valence-electron chi connectivity index (χ2n) is 5.17. The molecule has 0 spiro atoms. The number of amides is 1. The Bertz CT molecular complexity index is 610. The third-order valence-electron chi connectivity index (χ3n) is 3.81. The van der Waals surface area contributed by atoms with Crippen LogP contribution in [0, 0.1) is 0 Å². The van der Waals surface area contributed by atoms with Crippen molar-refractivity contribution in [2.75, 3.05) is 6.54 Å². The smallest absolute Gasteiger partial charge is 0.250 e. The molecule has 0 radical (unpaired) electrons. The van der Waals surface area contributed by atoms with Gasteiger partial charge in [-0.15, -0.1) is 0 Å². The topological polar surface area (TPSA) is 88.4 Å². The van der Waals surface area contributed by atoms with Crippen LogP contribution in [-0.4, -0.2) is 22.4 Å². The average molecular weight is 245 g/mol. The predicted molar refractivity (Wildman–Crippen MR) is 68.0 cm³/mol. The molecule has 1 saturated heterocycles. The summed E-state index contributed by atoms with van der Waals surface area (Å²) in [5.41, 5.74) is 7.41. The van der Waals surface area contributed by atoms with E-state index < -0.39 is 5.91 Å². The number of benzene rings is 1. The zero-order chi connectivity index (χ0) is 12.8. The summed E-state index contributed by atoms with van der Waals surface area (Å²) in [6.45, 7) is 3.30. The summed E-state index contributed by atoms with van der Waals surface area (Å²) >= 11 is 0. The van der Waals surface area contributed by atoms with Gasteiger partial charge >= 0.3 is 0 Å². The van der Waals surface area contributed by atoms with Gasteiger partial charge < -0.3 is 16.0 Å². The Labute approximate surface area is 105 Å². The lowest BCUT2D eigenvalue weighted by Gasteiger charge is -2.17. The highest BCUT2D eigenvalue weighted by Crippen LogP contribution is 2.25. The van der Waals surface area contributed by atoms with Gasteiger partial charge in [0.1, 0.15) is 5.52 Å². The molecule has 3 rings (SSSR count). The maximum absolute atomic E-state index is 11.4. The first-order valence-electron chi connectivity index (χ1n) is 6.23. The van der Waals surface area contributed by atoms with E-state index in [0.717, 1.165) is 24.3 Å². The van der Waals surface area contributed by atoms with Gasteiger partial charge in [-0.05, 0) is 19.1 Å². The third-order valence-corrected chi connectivity index (χ3v) is 3.81. The molecule has 2 aromatic rings. The number of imidazole rings is 1. The summed E-state index contributed by atoms with van der Waals surface area (Å²) in [6.07, 6.45) is 2.29. The van der Waals surface area contributed by atoms with E-state index in [9.17, 15) is 4.79 Å². The van der Waals surface area contributed by atoms with Crippen molar-refractivity contribution in [1.82, 2.24) is 9.97 Å². The monoisotopic (exact) mass is 245 g/mol. The molecule has 0 unspecified atom stereocenters. The quantitative estimate of drug-likeness (QED) is 0.707. The number of nitrogens with zero attached hydrogens (tertiary/aromatic N) is 1. The molecule has 5 heteroatoms. The summed E-state index contributed by atoms with van der Waals surface area (Å²) in [4.78, 5) is 19.3. The van der Waals surface area contributed by atoms with Crippen molar-refractivity contribution in [3.05, 3.63) is 29.6 Å². The number of H-pyrrole nitrogens is 1. The van der Waals surface area contributed by atoms with E-state index in [1.807, 2.05) is 12.1 Å². The number of carbonyl (C=O) groups excluding carboxylic acids is 1. The van der Waals surface area contributed by atoms with Crippen molar-refractivity contribution in [2.24, 2.45) is 5.73 Å². The second-order valence-corrected chi connectivity index (χ2v) is 5.17. The Hall–Kier alpha value is -1.88. The van der Waals surface area contributed by atoms with E-state index in [1.165, 1.54) is 6.42 Å². The summed E-state index contributed by atoms with van der Waals surface area (Å²) < 4.78 is 0. The Morgan fingerprint density at radius 2 is 2.39 bits per heavy atom. The van der Waals surface area contributed by atoms with Crippen LogP contribution in [0.4, 0.5) is 0 Å². The van der Waals surface area contributed by atoms with Gasteiger partial charge in [0.25, 0.3) is 5.91 Å². The van der Waals surface area contributed by atoms with Crippen LogP contribution in [0.25, 0.3) is 11.0 Å². The summed E-state index contributed by atoms with van der Waals surface area (Å²) in [6, 6.07) is 5.47. The predicted octanol–water partition coefficient (Wildman–Crippen LogP) is 0.234. The van der Waals surface area contributed by atoms with E-state index in [4.69, 9.17) is 5.73 Å². The fourth-order valence-corrected chi connectivity index (χ4v) is 2.71. The molecule has 1 aromatic heterocycles. The molecule has 5 N–H and O–H groups in total. The lowest BCUT2D eigenvalue weighted by atomic mass is 10.00. The van der Waals surface area contributed by atoms with Gasteiger partial charge in [-0.2, -0.15) is 0 Å². The summed E-state index contributed by atoms with van der Waals surface area (Å²) in [7, 11) is 0. The lowest BCUT2D eigenvalue weighted by molar-refractivity contribution is -0.714. The molecular formula is C13H17N4O+. The second kappa shape index (κ2) is 3.81. The van der Waals surface area contributed by atoms with Gasteiger partial charge in [0.05, 0.1) is 17.6 Å². The van der Waals surface area contributed by atoms with Crippen LogP contribution in [0.15, 0.2) is 18.2 Å². The number of para-hydroxylation sites is 1. The Kier molecular flexibility index (Phi) is 2.38. The van der Waals surface area contributed by atoms with Crippen LogP contribution in [-0.2, 0) is 5.54 Å². The molecule has 0 bridgehead atoms. The van der Waals surface area contributed by atoms with Crippen molar-refractivity contribution in [2.45, 2.75) is 25.3 Å². The van der Waals surface area contributed by atoms with Crippen molar-refractivity contribution >= 4 is 16.9 Å². The number of rotatable bonds is 2. The van der Waals surface area contributed by atoms with Crippen LogP contribution < -0.4 is 11.1 Å². The number of hydrogen-bond acceptors (Lipinski definition) is 2. The first kappa shape index (κ1) is 11.2. The zero-order valence-corrected chi connectivity index (χ0v) is 10.4. The van der Waals surface area contributed by atoms with E-state index in [0.29, 0.717) is 11.1 Å². The number of hydrogen-bond donors (Lipinski definition) is 3. The van der Waals surface area contributed by atoms with E-state index >= 15 is 0 Å². The molecule has 0 aliphatic carbocycles. The molecule has 0 saturated carbocycles. The normalized spacial score (nSPS) is 23.6. The molecule has 18 heavy (non-hydrogen) atoms. The lowest BCUT2D eigenvalue weighted by Crippen LogP contribution is -2.90. The molecular weight excluding hydrogens is 228 g/mol. The van der Waals surface area contributed by atoms with Crippen LogP contribution in [0.2, 0.25) is 0 Å². The van der Waals surface area contributed by atoms with Gasteiger partial charge in [0.15, 0.2) is 11.4 Å². The van der Waals surface area contributed by atoms with Crippen LogP contribution in [0.5, 0.6) is 0 Å². The van der Waals surface area contributed by atoms with Crippen molar-refractivity contribution in [3.63, 3.8) is 0 Å². The van der Waals surface area contributed by atoms with Crippen LogP contribution >= 0.6 is 0 Å². The van der Waals surface area contributed by atoms with Gasteiger partial charge in [0.2, 0.25) is 0 Å². The standard InChI is InChI=1S/C13H16N4O/c1-13(6-3-7-15-13)12-16-9-5-2-4-8(11(14)18)10(9)17-12/h2,4-5,15H,3,6-7H2,1H3,(H2,14,18)(H,16,17)/p+1/t13-/m0/s1. The maximum Gasteiger partial charge on any atom is 0.250 e. The van der Waals surface area contributed by atoms with E-state index in [1.54, 1.807) is 6.07 Å². The zero-order valence-electron chi connectivity index (χ0n) is 10.4. The molecule has 1 atom stereocenters. The largest absolute Gasteiger partial charge is 0.366 e. The van der Waals surface area contributed by atoms with Gasteiger partial charge in [0, 0.05) is 12.8 Å². The number of aromatic nitrogens is 2. The fraction of sp³-hybridized carbons (Fsp3) is 0.385. The Morgan fingerprint density at radius 1 is 1.56 bits per heavy atom. The third kappa shape index (κ3) is 1.59. The van der Waals surface area contributed by atoms with E-state index in [2.05, 4.69) is 22.2 Å². The first-order chi connectivity index (χ1) is 8.60. The number of nitrogens with two attached hydrogens (primary N) is 2. The highest BCUT2D eigenvalue weighted by molar-refractivity contribution is 6.04. The Balaban J connectivity index is 2.16. The number of carbonyl (C=O) groups is 1.